The summed E-state index contributed by atoms with van der Waals surface area (Å²) >= 11 is 0. The molecule has 0 N–H and O–H groups in total. The molecule has 0 radical (unpaired) electrons. The van der Waals surface area contributed by atoms with Gasteiger partial charge in [0.25, 0.3) is 11.8 Å². The molecule has 55 heavy (non-hydrogen) atoms. The summed E-state index contributed by atoms with van der Waals surface area (Å²) in [5.41, 5.74) is 0. The maximum absolute atomic E-state index is 12.8. The van der Waals surface area contributed by atoms with Crippen LogP contribution in [0.3, 0.4) is 0 Å². The fourth-order valence-electron chi connectivity index (χ4n) is 8.03. The van der Waals surface area contributed by atoms with Gasteiger partial charge in [0.1, 0.15) is 19.3 Å². The second kappa shape index (κ2) is 39.4. The lowest BCUT2D eigenvalue weighted by molar-refractivity contribution is -0.158. The summed E-state index contributed by atoms with van der Waals surface area (Å²) in [4.78, 5) is 41.2. The molecule has 1 rings (SSSR count). The Labute approximate surface area is 341 Å². The maximum atomic E-state index is 12.8. The fraction of sp³-hybridized carbons (Fsp3) is 0.938. The van der Waals surface area contributed by atoms with Gasteiger partial charge in [0.2, 0.25) is 0 Å². The Hall–Kier alpha value is -1.47. The van der Waals surface area contributed by atoms with E-state index in [9.17, 15) is 14.4 Å². The highest BCUT2D eigenvalue weighted by Crippen LogP contribution is 2.19. The number of esters is 1. The Morgan fingerprint density at radius 2 is 0.855 bits per heavy atom. The normalized spacial score (nSPS) is 13.5. The standard InChI is InChI=1S/C48H92N2O5/c1-4-7-10-13-16-17-18-19-20-21-22-23-28-33-39-49(41-35-42-50-46(51)43-54-44-47(50)52)40-34-29-24-27-32-38-48(53)55-45(36-30-25-14-11-8-5-2)37-31-26-15-12-9-6-3/h45H,4-44H2,1-3H3. The average Bonchev–Trinajstić information content (AvgIpc) is 3.17. The zero-order chi connectivity index (χ0) is 39.9. The SMILES string of the molecule is CCCCCCCCCCCCCCCCN(CCCCCCCC(=O)OC(CCCCCCCC)CCCCCCCC)CCCN1C(=O)COCC1=O. The lowest BCUT2D eigenvalue weighted by atomic mass is 10.0. The van der Waals surface area contributed by atoms with Crippen molar-refractivity contribution in [3.8, 4) is 0 Å². The number of morpholine rings is 1. The Bertz CT molecular complexity index is 850. The summed E-state index contributed by atoms with van der Waals surface area (Å²) in [7, 11) is 0. The van der Waals surface area contributed by atoms with E-state index in [1.165, 1.54) is 178 Å². The van der Waals surface area contributed by atoms with Gasteiger partial charge in [-0.1, -0.05) is 188 Å². The van der Waals surface area contributed by atoms with Crippen LogP contribution in [-0.2, 0) is 23.9 Å². The predicted octanol–water partition coefficient (Wildman–Crippen LogP) is 13.3. The van der Waals surface area contributed by atoms with Crippen LogP contribution in [0.5, 0.6) is 0 Å². The Balaban J connectivity index is 2.32. The zero-order valence-electron chi connectivity index (χ0n) is 37.0. The van der Waals surface area contributed by atoms with Crippen molar-refractivity contribution in [1.82, 2.24) is 9.80 Å². The van der Waals surface area contributed by atoms with Crippen molar-refractivity contribution in [3.63, 3.8) is 0 Å². The van der Waals surface area contributed by atoms with E-state index in [4.69, 9.17) is 9.47 Å². The van der Waals surface area contributed by atoms with Gasteiger partial charge in [0, 0.05) is 13.0 Å². The van der Waals surface area contributed by atoms with Crippen LogP contribution in [-0.4, -0.2) is 73.1 Å². The Morgan fingerprint density at radius 3 is 1.27 bits per heavy atom. The van der Waals surface area contributed by atoms with Crippen molar-refractivity contribution >= 4 is 17.8 Å². The van der Waals surface area contributed by atoms with Crippen molar-refractivity contribution in [1.29, 1.82) is 0 Å². The van der Waals surface area contributed by atoms with E-state index in [1.807, 2.05) is 0 Å². The molecule has 0 atom stereocenters. The van der Waals surface area contributed by atoms with Gasteiger partial charge in [0.05, 0.1) is 0 Å². The van der Waals surface area contributed by atoms with E-state index >= 15 is 0 Å². The van der Waals surface area contributed by atoms with Gasteiger partial charge in [0.15, 0.2) is 0 Å². The van der Waals surface area contributed by atoms with Gasteiger partial charge < -0.3 is 14.4 Å². The number of imide groups is 1. The molecule has 0 aliphatic carbocycles. The number of ether oxygens (including phenoxy) is 2. The maximum Gasteiger partial charge on any atom is 0.306 e. The summed E-state index contributed by atoms with van der Waals surface area (Å²) in [6.45, 7) is 10.4. The van der Waals surface area contributed by atoms with Gasteiger partial charge in [-0.3, -0.25) is 19.3 Å². The van der Waals surface area contributed by atoms with Crippen molar-refractivity contribution < 1.29 is 23.9 Å². The van der Waals surface area contributed by atoms with Crippen LogP contribution in [0.15, 0.2) is 0 Å². The lowest BCUT2D eigenvalue weighted by Gasteiger charge is -2.27. The minimum atomic E-state index is -0.204. The van der Waals surface area contributed by atoms with Crippen molar-refractivity contribution in [2.75, 3.05) is 39.4 Å². The smallest absolute Gasteiger partial charge is 0.306 e. The van der Waals surface area contributed by atoms with Crippen LogP contribution in [0.2, 0.25) is 0 Å². The molecule has 7 heteroatoms. The quantitative estimate of drug-likeness (QED) is 0.0349. The first-order valence-electron chi connectivity index (χ1n) is 24.3. The van der Waals surface area contributed by atoms with E-state index in [2.05, 4.69) is 25.7 Å². The van der Waals surface area contributed by atoms with Gasteiger partial charge in [-0.2, -0.15) is 0 Å². The molecule has 0 unspecified atom stereocenters. The number of hydrogen-bond acceptors (Lipinski definition) is 6. The first-order chi connectivity index (χ1) is 27.0. The number of amides is 2. The topological polar surface area (TPSA) is 76.2 Å². The van der Waals surface area contributed by atoms with Gasteiger partial charge in [-0.05, 0) is 71.0 Å². The summed E-state index contributed by atoms with van der Waals surface area (Å²) in [5, 5.41) is 0. The number of unbranched alkanes of at least 4 members (excludes halogenated alkanes) is 27. The van der Waals surface area contributed by atoms with Crippen LogP contribution in [0.4, 0.5) is 0 Å². The molecule has 2 amide bonds. The highest BCUT2D eigenvalue weighted by atomic mass is 16.5. The number of carbonyl (C=O) groups is 3. The molecule has 0 spiro atoms. The van der Waals surface area contributed by atoms with Crippen LogP contribution in [0.25, 0.3) is 0 Å². The summed E-state index contributed by atoms with van der Waals surface area (Å²) in [6, 6.07) is 0. The monoisotopic (exact) mass is 777 g/mol. The second-order valence-corrected chi connectivity index (χ2v) is 17.0. The highest BCUT2D eigenvalue weighted by molar-refractivity contribution is 5.98. The molecule has 0 aromatic rings. The largest absolute Gasteiger partial charge is 0.462 e. The third-order valence-corrected chi connectivity index (χ3v) is 11.6. The van der Waals surface area contributed by atoms with Gasteiger partial charge in [-0.25, -0.2) is 0 Å². The third-order valence-electron chi connectivity index (χ3n) is 11.6. The summed E-state index contributed by atoms with van der Waals surface area (Å²) in [6.07, 6.45) is 43.5. The summed E-state index contributed by atoms with van der Waals surface area (Å²) in [5.74, 6) is -0.395. The van der Waals surface area contributed by atoms with E-state index < -0.39 is 0 Å². The molecule has 1 saturated heterocycles. The third kappa shape index (κ3) is 32.2. The lowest BCUT2D eigenvalue weighted by Crippen LogP contribution is -2.47. The number of carbonyl (C=O) groups excluding carboxylic acids is 3. The van der Waals surface area contributed by atoms with Gasteiger partial charge in [-0.15, -0.1) is 0 Å². The number of hydrogen-bond donors (Lipinski definition) is 0. The van der Waals surface area contributed by atoms with Crippen LogP contribution < -0.4 is 0 Å². The molecule has 0 bridgehead atoms. The second-order valence-electron chi connectivity index (χ2n) is 17.0. The number of rotatable bonds is 42. The Morgan fingerprint density at radius 1 is 0.509 bits per heavy atom. The van der Waals surface area contributed by atoms with E-state index in [0.29, 0.717) is 13.0 Å². The van der Waals surface area contributed by atoms with E-state index in [1.54, 1.807) is 0 Å². The number of nitrogens with zero attached hydrogens (tertiary/aromatic N) is 2. The molecule has 324 valence electrons. The molecule has 1 aliphatic heterocycles. The van der Waals surface area contributed by atoms with Crippen LogP contribution in [0, 0.1) is 0 Å². The molecule has 0 saturated carbocycles. The van der Waals surface area contributed by atoms with Gasteiger partial charge >= 0.3 is 5.97 Å². The van der Waals surface area contributed by atoms with E-state index in [0.717, 1.165) is 64.6 Å². The first kappa shape index (κ1) is 51.5. The molecule has 1 aliphatic rings. The molecule has 0 aromatic carbocycles. The van der Waals surface area contributed by atoms with Crippen molar-refractivity contribution in [2.45, 2.75) is 252 Å². The molecule has 7 nitrogen and oxygen atoms in total. The minimum absolute atomic E-state index is 0.0125. The molecular weight excluding hydrogens is 685 g/mol. The molecule has 1 heterocycles. The van der Waals surface area contributed by atoms with Crippen LogP contribution >= 0.6 is 0 Å². The minimum Gasteiger partial charge on any atom is -0.462 e. The highest BCUT2D eigenvalue weighted by Gasteiger charge is 2.26. The van der Waals surface area contributed by atoms with Crippen LogP contribution in [0.1, 0.15) is 245 Å². The van der Waals surface area contributed by atoms with Crippen molar-refractivity contribution in [2.24, 2.45) is 0 Å². The fourth-order valence-corrected chi connectivity index (χ4v) is 8.03. The first-order valence-corrected chi connectivity index (χ1v) is 24.3. The zero-order valence-corrected chi connectivity index (χ0v) is 37.0. The van der Waals surface area contributed by atoms with E-state index in [-0.39, 0.29) is 37.1 Å². The summed E-state index contributed by atoms with van der Waals surface area (Å²) < 4.78 is 11.2. The molecule has 0 aromatic heterocycles. The average molecular weight is 777 g/mol. The van der Waals surface area contributed by atoms with Crippen molar-refractivity contribution in [3.05, 3.63) is 0 Å². The Kier molecular flexibility index (Phi) is 36.9. The molecular formula is C48H92N2O5. The predicted molar refractivity (Wildman–Crippen MR) is 232 cm³/mol. The molecule has 1 fully saturated rings.